The molecule has 0 aliphatic rings. The second-order valence-electron chi connectivity index (χ2n) is 5.14. The van der Waals surface area contributed by atoms with Crippen molar-refractivity contribution in [3.63, 3.8) is 0 Å². The molecule has 5 heteroatoms. The maximum Gasteiger partial charge on any atom is 0.252 e. The smallest absolute Gasteiger partial charge is 0.252 e. The van der Waals surface area contributed by atoms with Crippen molar-refractivity contribution < 1.29 is 14.3 Å². The number of hydrogen-bond donors (Lipinski definition) is 1. The Balaban J connectivity index is 2.16. The first-order valence-electron chi connectivity index (χ1n) is 7.06. The second kappa shape index (κ2) is 6.83. The lowest BCUT2D eigenvalue weighted by Gasteiger charge is -2.16. The van der Waals surface area contributed by atoms with Crippen molar-refractivity contribution in [1.82, 2.24) is 5.32 Å². The van der Waals surface area contributed by atoms with Gasteiger partial charge in [0.1, 0.15) is 0 Å². The fourth-order valence-corrected chi connectivity index (χ4v) is 3.26. The fraction of sp³-hybridized carbons (Fsp3) is 0.353. The van der Waals surface area contributed by atoms with Gasteiger partial charge in [0.25, 0.3) is 5.91 Å². The molecule has 1 aromatic heterocycles. The van der Waals surface area contributed by atoms with E-state index in [2.05, 4.69) is 5.32 Å². The van der Waals surface area contributed by atoms with Gasteiger partial charge in [-0.15, -0.1) is 11.3 Å². The van der Waals surface area contributed by atoms with Gasteiger partial charge in [0.2, 0.25) is 0 Å². The summed E-state index contributed by atoms with van der Waals surface area (Å²) >= 11 is 1.63. The molecule has 2 aromatic rings. The Labute approximate surface area is 135 Å². The van der Waals surface area contributed by atoms with Gasteiger partial charge in [-0.3, -0.25) is 4.79 Å². The van der Waals surface area contributed by atoms with Crippen LogP contribution in [0.1, 0.15) is 38.6 Å². The number of methoxy groups -OCH3 is 2. The van der Waals surface area contributed by atoms with Crippen LogP contribution in [0.25, 0.3) is 0 Å². The SMILES string of the molecule is COc1ccc(C(C)NC(=O)c2cc(C)sc2C)cc1OC. The average Bonchev–Trinajstić information content (AvgIpc) is 2.85. The number of thiophene rings is 1. The zero-order valence-electron chi connectivity index (χ0n) is 13.5. The van der Waals surface area contributed by atoms with Gasteiger partial charge in [0.15, 0.2) is 11.5 Å². The number of carbonyl (C=O) groups excluding carboxylic acids is 1. The van der Waals surface area contributed by atoms with E-state index in [0.29, 0.717) is 11.5 Å². The Kier molecular flexibility index (Phi) is 5.08. The highest BCUT2D eigenvalue weighted by Crippen LogP contribution is 2.30. The number of carbonyl (C=O) groups is 1. The van der Waals surface area contributed by atoms with E-state index in [-0.39, 0.29) is 11.9 Å². The first kappa shape index (κ1) is 16.4. The lowest BCUT2D eigenvalue weighted by Crippen LogP contribution is -2.26. The van der Waals surface area contributed by atoms with Crippen molar-refractivity contribution in [3.8, 4) is 11.5 Å². The van der Waals surface area contributed by atoms with Crippen molar-refractivity contribution >= 4 is 17.2 Å². The minimum absolute atomic E-state index is 0.0517. The van der Waals surface area contributed by atoms with Crippen LogP contribution in [-0.2, 0) is 0 Å². The first-order chi connectivity index (χ1) is 10.5. The van der Waals surface area contributed by atoms with Gasteiger partial charge in [0.05, 0.1) is 25.8 Å². The molecule has 0 saturated heterocycles. The number of benzene rings is 1. The maximum atomic E-state index is 12.4. The van der Waals surface area contributed by atoms with Crippen LogP contribution in [-0.4, -0.2) is 20.1 Å². The van der Waals surface area contributed by atoms with Crippen molar-refractivity contribution in [2.45, 2.75) is 26.8 Å². The summed E-state index contributed by atoms with van der Waals surface area (Å²) in [7, 11) is 3.20. The Morgan fingerprint density at radius 3 is 2.36 bits per heavy atom. The molecule has 22 heavy (non-hydrogen) atoms. The van der Waals surface area contributed by atoms with Gasteiger partial charge in [-0.1, -0.05) is 6.07 Å². The molecule has 0 radical (unpaired) electrons. The van der Waals surface area contributed by atoms with E-state index in [9.17, 15) is 4.79 Å². The summed E-state index contributed by atoms with van der Waals surface area (Å²) in [6.07, 6.45) is 0. The van der Waals surface area contributed by atoms with Crippen molar-refractivity contribution in [2.75, 3.05) is 14.2 Å². The van der Waals surface area contributed by atoms with Crippen LogP contribution < -0.4 is 14.8 Å². The molecule has 0 saturated carbocycles. The summed E-state index contributed by atoms with van der Waals surface area (Å²) in [5.74, 6) is 1.28. The zero-order chi connectivity index (χ0) is 16.3. The minimum Gasteiger partial charge on any atom is -0.493 e. The largest absolute Gasteiger partial charge is 0.493 e. The quantitative estimate of drug-likeness (QED) is 0.910. The number of amides is 1. The Morgan fingerprint density at radius 1 is 1.14 bits per heavy atom. The predicted octanol–water partition coefficient (Wildman–Crippen LogP) is 3.87. The molecule has 1 amide bonds. The molecule has 1 N–H and O–H groups in total. The Hall–Kier alpha value is -2.01. The summed E-state index contributed by atoms with van der Waals surface area (Å²) in [6.45, 7) is 5.92. The molecule has 0 spiro atoms. The molecular formula is C17H21NO3S. The van der Waals surface area contributed by atoms with E-state index in [0.717, 1.165) is 20.9 Å². The van der Waals surface area contributed by atoms with E-state index in [4.69, 9.17) is 9.47 Å². The maximum absolute atomic E-state index is 12.4. The summed E-state index contributed by atoms with van der Waals surface area (Å²) in [5, 5.41) is 3.03. The molecule has 1 aromatic carbocycles. The standard InChI is InChI=1S/C17H21NO3S/c1-10-8-14(12(3)22-10)17(19)18-11(2)13-6-7-15(20-4)16(9-13)21-5/h6-9,11H,1-5H3,(H,18,19). The van der Waals surface area contributed by atoms with E-state index < -0.39 is 0 Å². The van der Waals surface area contributed by atoms with Gasteiger partial charge < -0.3 is 14.8 Å². The summed E-state index contributed by atoms with van der Waals surface area (Å²) < 4.78 is 10.5. The van der Waals surface area contributed by atoms with Gasteiger partial charge in [0, 0.05) is 9.75 Å². The molecule has 1 heterocycles. The van der Waals surface area contributed by atoms with Crippen molar-refractivity contribution in [1.29, 1.82) is 0 Å². The van der Waals surface area contributed by atoms with E-state index in [1.165, 1.54) is 0 Å². The molecule has 0 aliphatic heterocycles. The molecular weight excluding hydrogens is 298 g/mol. The zero-order valence-corrected chi connectivity index (χ0v) is 14.3. The summed E-state index contributed by atoms with van der Waals surface area (Å²) in [5.41, 5.74) is 1.71. The number of rotatable bonds is 5. The van der Waals surface area contributed by atoms with Crippen molar-refractivity contribution in [2.24, 2.45) is 0 Å². The molecule has 0 fully saturated rings. The molecule has 1 atom stereocenters. The van der Waals surface area contributed by atoms with E-state index in [1.54, 1.807) is 25.6 Å². The van der Waals surface area contributed by atoms with Crippen LogP contribution in [0.4, 0.5) is 0 Å². The van der Waals surface area contributed by atoms with Crippen LogP contribution in [0.3, 0.4) is 0 Å². The number of hydrogen-bond acceptors (Lipinski definition) is 4. The number of aryl methyl sites for hydroxylation is 2. The minimum atomic E-state index is -0.119. The van der Waals surface area contributed by atoms with E-state index in [1.807, 2.05) is 45.0 Å². The van der Waals surface area contributed by atoms with Crippen LogP contribution in [0.2, 0.25) is 0 Å². The van der Waals surface area contributed by atoms with Crippen LogP contribution in [0.15, 0.2) is 24.3 Å². The third-order valence-corrected chi connectivity index (χ3v) is 4.51. The lowest BCUT2D eigenvalue weighted by atomic mass is 10.1. The molecule has 118 valence electrons. The Bertz CT molecular complexity index is 679. The van der Waals surface area contributed by atoms with Crippen LogP contribution >= 0.6 is 11.3 Å². The topological polar surface area (TPSA) is 47.6 Å². The molecule has 0 bridgehead atoms. The summed E-state index contributed by atoms with van der Waals surface area (Å²) in [4.78, 5) is 14.6. The number of nitrogens with one attached hydrogen (secondary N) is 1. The fourth-order valence-electron chi connectivity index (χ4n) is 2.34. The lowest BCUT2D eigenvalue weighted by molar-refractivity contribution is 0.0939. The van der Waals surface area contributed by atoms with Gasteiger partial charge in [-0.25, -0.2) is 0 Å². The molecule has 2 rings (SSSR count). The third-order valence-electron chi connectivity index (χ3n) is 3.54. The van der Waals surface area contributed by atoms with Gasteiger partial charge >= 0.3 is 0 Å². The summed E-state index contributed by atoms with van der Waals surface area (Å²) in [6, 6.07) is 7.47. The highest BCUT2D eigenvalue weighted by atomic mass is 32.1. The average molecular weight is 319 g/mol. The molecule has 4 nitrogen and oxygen atoms in total. The second-order valence-corrected chi connectivity index (χ2v) is 6.60. The van der Waals surface area contributed by atoms with Gasteiger partial charge in [-0.05, 0) is 44.5 Å². The van der Waals surface area contributed by atoms with Crippen LogP contribution in [0, 0.1) is 13.8 Å². The molecule has 1 unspecified atom stereocenters. The van der Waals surface area contributed by atoms with Crippen LogP contribution in [0.5, 0.6) is 11.5 Å². The number of ether oxygens (including phenoxy) is 2. The van der Waals surface area contributed by atoms with Crippen molar-refractivity contribution in [3.05, 3.63) is 45.1 Å². The first-order valence-corrected chi connectivity index (χ1v) is 7.87. The molecule has 0 aliphatic carbocycles. The predicted molar refractivity (Wildman–Crippen MR) is 89.2 cm³/mol. The normalized spacial score (nSPS) is 11.9. The third kappa shape index (κ3) is 3.42. The Morgan fingerprint density at radius 2 is 1.82 bits per heavy atom. The monoisotopic (exact) mass is 319 g/mol. The van der Waals surface area contributed by atoms with E-state index >= 15 is 0 Å². The highest BCUT2D eigenvalue weighted by Gasteiger charge is 2.16. The highest BCUT2D eigenvalue weighted by molar-refractivity contribution is 7.12. The van der Waals surface area contributed by atoms with Gasteiger partial charge in [-0.2, -0.15) is 0 Å².